The SMILES string of the molecule is COCCNC(=O)[C@H]1CC(=O)N(c2n[nH]c3ccccc23)C1. The van der Waals surface area contributed by atoms with E-state index in [1.165, 1.54) is 0 Å². The van der Waals surface area contributed by atoms with E-state index in [0.717, 1.165) is 10.9 Å². The van der Waals surface area contributed by atoms with Crippen molar-refractivity contribution in [1.82, 2.24) is 15.5 Å². The quantitative estimate of drug-likeness (QED) is 0.795. The number of hydrogen-bond acceptors (Lipinski definition) is 4. The van der Waals surface area contributed by atoms with Crippen LogP contribution < -0.4 is 10.2 Å². The number of amides is 2. The molecule has 1 aliphatic heterocycles. The molecule has 2 aromatic rings. The molecule has 7 nitrogen and oxygen atoms in total. The summed E-state index contributed by atoms with van der Waals surface area (Å²) >= 11 is 0. The monoisotopic (exact) mass is 302 g/mol. The lowest BCUT2D eigenvalue weighted by Crippen LogP contribution is -2.34. The van der Waals surface area contributed by atoms with Crippen molar-refractivity contribution in [1.29, 1.82) is 0 Å². The molecule has 1 aromatic heterocycles. The van der Waals surface area contributed by atoms with Crippen LogP contribution in [0.25, 0.3) is 10.9 Å². The Morgan fingerprint density at radius 1 is 1.50 bits per heavy atom. The molecule has 2 heterocycles. The molecule has 116 valence electrons. The van der Waals surface area contributed by atoms with E-state index in [2.05, 4.69) is 15.5 Å². The zero-order valence-corrected chi connectivity index (χ0v) is 12.3. The molecule has 1 aromatic carbocycles. The van der Waals surface area contributed by atoms with Gasteiger partial charge >= 0.3 is 0 Å². The van der Waals surface area contributed by atoms with E-state index in [-0.39, 0.29) is 24.2 Å². The van der Waals surface area contributed by atoms with Gasteiger partial charge in [-0.15, -0.1) is 0 Å². The standard InChI is InChI=1S/C15H18N4O3/c1-22-7-6-16-15(21)10-8-13(20)19(9-10)14-11-4-2-3-5-12(11)17-18-14/h2-5,10H,6-9H2,1H3,(H,16,21)(H,17,18)/t10-/m0/s1. The molecule has 1 saturated heterocycles. The maximum absolute atomic E-state index is 12.2. The number of aromatic nitrogens is 2. The van der Waals surface area contributed by atoms with E-state index < -0.39 is 0 Å². The van der Waals surface area contributed by atoms with Gasteiger partial charge in [-0.25, -0.2) is 0 Å². The van der Waals surface area contributed by atoms with Crippen LogP contribution in [0, 0.1) is 5.92 Å². The van der Waals surface area contributed by atoms with Crippen LogP contribution in [-0.4, -0.2) is 48.8 Å². The van der Waals surface area contributed by atoms with Crippen molar-refractivity contribution in [3.63, 3.8) is 0 Å². The molecule has 1 atom stereocenters. The van der Waals surface area contributed by atoms with Crippen LogP contribution in [0.4, 0.5) is 5.82 Å². The molecule has 2 amide bonds. The second kappa shape index (κ2) is 6.15. The summed E-state index contributed by atoms with van der Waals surface area (Å²) in [4.78, 5) is 25.9. The second-order valence-electron chi connectivity index (χ2n) is 5.28. The highest BCUT2D eigenvalue weighted by Gasteiger charge is 2.36. The highest BCUT2D eigenvalue weighted by molar-refractivity contribution is 6.05. The Morgan fingerprint density at radius 3 is 3.14 bits per heavy atom. The van der Waals surface area contributed by atoms with Crippen LogP contribution in [0.15, 0.2) is 24.3 Å². The fourth-order valence-electron chi connectivity index (χ4n) is 2.66. The first kappa shape index (κ1) is 14.5. The van der Waals surface area contributed by atoms with Gasteiger partial charge in [0.2, 0.25) is 11.8 Å². The number of para-hydroxylation sites is 1. The molecule has 2 N–H and O–H groups in total. The Labute approximate surface area is 127 Å². The topological polar surface area (TPSA) is 87.3 Å². The summed E-state index contributed by atoms with van der Waals surface area (Å²) in [6, 6.07) is 7.62. The molecule has 1 fully saturated rings. The first-order valence-corrected chi connectivity index (χ1v) is 7.21. The summed E-state index contributed by atoms with van der Waals surface area (Å²) in [6.45, 7) is 1.26. The molecule has 3 rings (SSSR count). The number of hydrogen-bond donors (Lipinski definition) is 2. The summed E-state index contributed by atoms with van der Waals surface area (Å²) in [6.07, 6.45) is 0.208. The van der Waals surface area contributed by atoms with E-state index in [1.807, 2.05) is 24.3 Å². The summed E-state index contributed by atoms with van der Waals surface area (Å²) in [5.74, 6) is 0.0458. The van der Waals surface area contributed by atoms with Gasteiger partial charge in [-0.2, -0.15) is 5.10 Å². The Morgan fingerprint density at radius 2 is 2.32 bits per heavy atom. The number of nitrogens with zero attached hydrogens (tertiary/aromatic N) is 2. The molecule has 7 heteroatoms. The Hall–Kier alpha value is -2.41. The minimum atomic E-state index is -0.347. The van der Waals surface area contributed by atoms with Gasteiger partial charge in [-0.3, -0.25) is 19.6 Å². The average molecular weight is 302 g/mol. The van der Waals surface area contributed by atoms with Gasteiger partial charge < -0.3 is 10.1 Å². The van der Waals surface area contributed by atoms with Crippen LogP contribution >= 0.6 is 0 Å². The number of H-pyrrole nitrogens is 1. The highest BCUT2D eigenvalue weighted by Crippen LogP contribution is 2.29. The molecule has 0 bridgehead atoms. The van der Waals surface area contributed by atoms with E-state index in [4.69, 9.17) is 4.74 Å². The lowest BCUT2D eigenvalue weighted by molar-refractivity contribution is -0.126. The molecule has 0 saturated carbocycles. The number of ether oxygens (including phenoxy) is 1. The average Bonchev–Trinajstić information content (AvgIpc) is 3.10. The maximum Gasteiger partial charge on any atom is 0.229 e. The van der Waals surface area contributed by atoms with Gasteiger partial charge in [-0.05, 0) is 12.1 Å². The zero-order valence-electron chi connectivity index (χ0n) is 12.3. The highest BCUT2D eigenvalue weighted by atomic mass is 16.5. The minimum absolute atomic E-state index is 0.0795. The van der Waals surface area contributed by atoms with Crippen LogP contribution in [0.2, 0.25) is 0 Å². The van der Waals surface area contributed by atoms with Crippen molar-refractivity contribution < 1.29 is 14.3 Å². The van der Waals surface area contributed by atoms with E-state index in [0.29, 0.717) is 25.5 Å². The lowest BCUT2D eigenvalue weighted by atomic mass is 10.1. The summed E-state index contributed by atoms with van der Waals surface area (Å²) in [5, 5.41) is 10.8. The van der Waals surface area contributed by atoms with Gasteiger partial charge in [-0.1, -0.05) is 12.1 Å². The molecule has 1 aliphatic rings. The number of rotatable bonds is 5. The first-order chi connectivity index (χ1) is 10.7. The summed E-state index contributed by atoms with van der Waals surface area (Å²) in [7, 11) is 1.58. The molecule has 0 spiro atoms. The number of carbonyl (C=O) groups excluding carboxylic acids is 2. The summed E-state index contributed by atoms with van der Waals surface area (Å²) < 4.78 is 4.90. The second-order valence-corrected chi connectivity index (χ2v) is 5.28. The predicted molar refractivity (Wildman–Crippen MR) is 81.4 cm³/mol. The van der Waals surface area contributed by atoms with Crippen molar-refractivity contribution in [3.05, 3.63) is 24.3 Å². The van der Waals surface area contributed by atoms with E-state index in [9.17, 15) is 9.59 Å². The number of nitrogens with one attached hydrogen (secondary N) is 2. The van der Waals surface area contributed by atoms with Gasteiger partial charge in [0, 0.05) is 32.0 Å². The summed E-state index contributed by atoms with van der Waals surface area (Å²) in [5.41, 5.74) is 0.873. The van der Waals surface area contributed by atoms with Crippen LogP contribution in [-0.2, 0) is 14.3 Å². The Bertz CT molecular complexity index is 697. The van der Waals surface area contributed by atoms with Gasteiger partial charge in [0.05, 0.1) is 18.0 Å². The molecule has 0 radical (unpaired) electrons. The third-order valence-electron chi connectivity index (χ3n) is 3.81. The fourth-order valence-corrected chi connectivity index (χ4v) is 2.66. The van der Waals surface area contributed by atoms with Crippen molar-refractivity contribution >= 4 is 28.5 Å². The van der Waals surface area contributed by atoms with Crippen molar-refractivity contribution in [2.45, 2.75) is 6.42 Å². The van der Waals surface area contributed by atoms with Crippen molar-refractivity contribution in [2.24, 2.45) is 5.92 Å². The first-order valence-electron chi connectivity index (χ1n) is 7.21. The Balaban J connectivity index is 1.73. The third kappa shape index (κ3) is 2.67. The van der Waals surface area contributed by atoms with Crippen LogP contribution in [0.3, 0.4) is 0 Å². The third-order valence-corrected chi connectivity index (χ3v) is 3.81. The molecule has 0 aliphatic carbocycles. The Kier molecular flexibility index (Phi) is 4.06. The lowest BCUT2D eigenvalue weighted by Gasteiger charge is -2.14. The van der Waals surface area contributed by atoms with Crippen LogP contribution in [0.1, 0.15) is 6.42 Å². The van der Waals surface area contributed by atoms with E-state index in [1.54, 1.807) is 12.0 Å². The van der Waals surface area contributed by atoms with Crippen molar-refractivity contribution in [2.75, 3.05) is 31.7 Å². The fraction of sp³-hybridized carbons (Fsp3) is 0.400. The molecule has 22 heavy (non-hydrogen) atoms. The normalized spacial score (nSPS) is 18.1. The van der Waals surface area contributed by atoms with Gasteiger partial charge in [0.1, 0.15) is 0 Å². The number of anilines is 1. The minimum Gasteiger partial charge on any atom is -0.383 e. The van der Waals surface area contributed by atoms with Gasteiger partial charge in [0.25, 0.3) is 0 Å². The van der Waals surface area contributed by atoms with Gasteiger partial charge in [0.15, 0.2) is 5.82 Å². The predicted octanol–water partition coefficient (Wildman–Crippen LogP) is 0.678. The zero-order chi connectivity index (χ0) is 15.5. The number of benzene rings is 1. The van der Waals surface area contributed by atoms with Crippen molar-refractivity contribution in [3.8, 4) is 0 Å². The largest absolute Gasteiger partial charge is 0.383 e. The number of carbonyl (C=O) groups is 2. The number of methoxy groups -OCH3 is 1. The smallest absolute Gasteiger partial charge is 0.229 e. The molecule has 0 unspecified atom stereocenters. The number of aromatic amines is 1. The number of fused-ring (bicyclic) bond motifs is 1. The maximum atomic E-state index is 12.2. The van der Waals surface area contributed by atoms with Crippen LogP contribution in [0.5, 0.6) is 0 Å². The van der Waals surface area contributed by atoms with E-state index >= 15 is 0 Å². The molecular formula is C15H18N4O3. The molecular weight excluding hydrogens is 284 g/mol.